The molecule has 18 heavy (non-hydrogen) atoms. The minimum absolute atomic E-state index is 0.178. The third kappa shape index (κ3) is 2.80. The van der Waals surface area contributed by atoms with E-state index in [4.69, 9.17) is 11.6 Å². The topological polar surface area (TPSA) is 12.0 Å². The van der Waals surface area contributed by atoms with Gasteiger partial charge < -0.3 is 5.32 Å². The van der Waals surface area contributed by atoms with Crippen LogP contribution in [0, 0.1) is 13.8 Å². The highest BCUT2D eigenvalue weighted by atomic mass is 79.9. The van der Waals surface area contributed by atoms with E-state index < -0.39 is 0 Å². The van der Waals surface area contributed by atoms with Crippen molar-refractivity contribution in [1.82, 2.24) is 5.32 Å². The average molecular weight is 345 g/mol. The molecule has 4 heteroatoms. The van der Waals surface area contributed by atoms with Crippen molar-refractivity contribution in [2.75, 3.05) is 7.05 Å². The van der Waals surface area contributed by atoms with Crippen LogP contribution in [0.4, 0.5) is 0 Å². The maximum absolute atomic E-state index is 6.11. The molecule has 0 fully saturated rings. The Hall–Kier alpha value is -0.350. The lowest BCUT2D eigenvalue weighted by molar-refractivity contribution is 0.697. The van der Waals surface area contributed by atoms with E-state index in [1.54, 1.807) is 0 Å². The van der Waals surface area contributed by atoms with Crippen LogP contribution >= 0.6 is 38.9 Å². The molecule has 1 aromatic heterocycles. The predicted molar refractivity (Wildman–Crippen MR) is 83.8 cm³/mol. The van der Waals surface area contributed by atoms with Gasteiger partial charge in [-0.25, -0.2) is 0 Å². The number of nitrogens with one attached hydrogen (secondary N) is 1. The highest BCUT2D eigenvalue weighted by molar-refractivity contribution is 9.10. The molecular formula is C14H15BrClNS. The van der Waals surface area contributed by atoms with Crippen LogP contribution in [0.5, 0.6) is 0 Å². The zero-order chi connectivity index (χ0) is 13.3. The number of benzene rings is 1. The van der Waals surface area contributed by atoms with E-state index in [0.29, 0.717) is 0 Å². The van der Waals surface area contributed by atoms with E-state index in [0.717, 1.165) is 9.50 Å². The zero-order valence-corrected chi connectivity index (χ0v) is 13.7. The number of rotatable bonds is 3. The van der Waals surface area contributed by atoms with E-state index in [1.165, 1.54) is 20.9 Å². The fourth-order valence-corrected chi connectivity index (χ4v) is 3.93. The van der Waals surface area contributed by atoms with Gasteiger partial charge >= 0.3 is 0 Å². The molecule has 0 aliphatic heterocycles. The lowest BCUT2D eigenvalue weighted by atomic mass is 10.0. The van der Waals surface area contributed by atoms with Gasteiger partial charge in [0.1, 0.15) is 0 Å². The SMILES string of the molecule is CNC(c1cc(Cl)ccc1Br)c1sc(C)cc1C. The summed E-state index contributed by atoms with van der Waals surface area (Å²) in [6.07, 6.45) is 0. The van der Waals surface area contributed by atoms with Crippen LogP contribution in [-0.2, 0) is 0 Å². The largest absolute Gasteiger partial charge is 0.309 e. The molecule has 0 aliphatic rings. The average Bonchev–Trinajstić information content (AvgIpc) is 2.64. The maximum atomic E-state index is 6.11. The van der Waals surface area contributed by atoms with Crippen LogP contribution in [0.1, 0.15) is 26.9 Å². The van der Waals surface area contributed by atoms with Crippen LogP contribution in [0.25, 0.3) is 0 Å². The number of hydrogen-bond acceptors (Lipinski definition) is 2. The molecule has 2 rings (SSSR count). The van der Waals surface area contributed by atoms with Crippen molar-refractivity contribution < 1.29 is 0 Å². The Labute approximate surface area is 125 Å². The Kier molecular flexibility index (Phi) is 4.49. The van der Waals surface area contributed by atoms with Gasteiger partial charge in [0, 0.05) is 19.2 Å². The third-order valence-electron chi connectivity index (χ3n) is 2.90. The normalized spacial score (nSPS) is 12.7. The van der Waals surface area contributed by atoms with E-state index in [9.17, 15) is 0 Å². The van der Waals surface area contributed by atoms with Crippen molar-refractivity contribution in [3.63, 3.8) is 0 Å². The van der Waals surface area contributed by atoms with Gasteiger partial charge in [-0.3, -0.25) is 0 Å². The standard InChI is InChI=1S/C14H15BrClNS/c1-8-6-9(2)18-14(8)13(17-3)11-7-10(16)4-5-12(11)15/h4-7,13,17H,1-3H3. The molecule has 0 saturated heterocycles. The number of hydrogen-bond donors (Lipinski definition) is 1. The second-order valence-electron chi connectivity index (χ2n) is 4.29. The van der Waals surface area contributed by atoms with Gasteiger partial charge in [0.05, 0.1) is 6.04 Å². The third-order valence-corrected chi connectivity index (χ3v) is 5.07. The lowest BCUT2D eigenvalue weighted by Crippen LogP contribution is -2.17. The van der Waals surface area contributed by atoms with Gasteiger partial charge in [-0.05, 0) is 56.3 Å². The molecule has 1 N–H and O–H groups in total. The van der Waals surface area contributed by atoms with Crippen LogP contribution in [0.2, 0.25) is 5.02 Å². The lowest BCUT2D eigenvalue weighted by Gasteiger charge is -2.18. The van der Waals surface area contributed by atoms with Crippen molar-refractivity contribution in [2.45, 2.75) is 19.9 Å². The first-order valence-corrected chi connectivity index (χ1v) is 7.71. The van der Waals surface area contributed by atoms with Gasteiger partial charge in [0.25, 0.3) is 0 Å². The highest BCUT2D eigenvalue weighted by Crippen LogP contribution is 2.35. The minimum atomic E-state index is 0.178. The molecule has 1 unspecified atom stereocenters. The molecule has 1 atom stereocenters. The highest BCUT2D eigenvalue weighted by Gasteiger charge is 2.19. The first kappa shape index (κ1) is 14.1. The summed E-state index contributed by atoms with van der Waals surface area (Å²) in [6.45, 7) is 4.29. The van der Waals surface area contributed by atoms with Gasteiger partial charge in [0.2, 0.25) is 0 Å². The molecule has 0 amide bonds. The van der Waals surface area contributed by atoms with Crippen LogP contribution in [-0.4, -0.2) is 7.05 Å². The number of halogens is 2. The van der Waals surface area contributed by atoms with Crippen LogP contribution in [0.15, 0.2) is 28.7 Å². The van der Waals surface area contributed by atoms with Crippen molar-refractivity contribution in [1.29, 1.82) is 0 Å². The second-order valence-corrected chi connectivity index (χ2v) is 6.87. The monoisotopic (exact) mass is 343 g/mol. The van der Waals surface area contributed by atoms with Gasteiger partial charge in [-0.15, -0.1) is 11.3 Å². The van der Waals surface area contributed by atoms with Crippen molar-refractivity contribution in [3.05, 3.63) is 54.6 Å². The molecule has 0 spiro atoms. The molecule has 0 radical (unpaired) electrons. The summed E-state index contributed by atoms with van der Waals surface area (Å²) >= 11 is 11.5. The molecule has 0 bridgehead atoms. The smallest absolute Gasteiger partial charge is 0.0682 e. The maximum Gasteiger partial charge on any atom is 0.0682 e. The first-order valence-electron chi connectivity index (χ1n) is 5.72. The molecule has 0 aliphatic carbocycles. The number of thiophene rings is 1. The van der Waals surface area contributed by atoms with Gasteiger partial charge in [-0.2, -0.15) is 0 Å². The van der Waals surface area contributed by atoms with Crippen molar-refractivity contribution in [2.24, 2.45) is 0 Å². The van der Waals surface area contributed by atoms with E-state index >= 15 is 0 Å². The van der Waals surface area contributed by atoms with E-state index in [-0.39, 0.29) is 6.04 Å². The fourth-order valence-electron chi connectivity index (χ4n) is 2.11. The summed E-state index contributed by atoms with van der Waals surface area (Å²) in [7, 11) is 1.98. The van der Waals surface area contributed by atoms with Gasteiger partial charge in [0.15, 0.2) is 0 Å². The van der Waals surface area contributed by atoms with E-state index in [2.05, 4.69) is 41.2 Å². The van der Waals surface area contributed by atoms with Gasteiger partial charge in [-0.1, -0.05) is 27.5 Å². The Morgan fingerprint density at radius 2 is 2.00 bits per heavy atom. The summed E-state index contributed by atoms with van der Waals surface area (Å²) in [4.78, 5) is 2.68. The summed E-state index contributed by atoms with van der Waals surface area (Å²) in [6, 6.07) is 8.31. The van der Waals surface area contributed by atoms with Crippen molar-refractivity contribution >= 4 is 38.9 Å². The Bertz CT molecular complexity index is 565. The van der Waals surface area contributed by atoms with Crippen LogP contribution in [0.3, 0.4) is 0 Å². The minimum Gasteiger partial charge on any atom is -0.309 e. The number of aryl methyl sites for hydroxylation is 2. The molecule has 96 valence electrons. The van der Waals surface area contributed by atoms with Crippen LogP contribution < -0.4 is 5.32 Å². The molecular weight excluding hydrogens is 330 g/mol. The summed E-state index contributed by atoms with van der Waals surface area (Å²) in [5, 5.41) is 4.14. The second kappa shape index (κ2) is 5.74. The molecule has 1 nitrogen and oxygen atoms in total. The molecule has 0 saturated carbocycles. The fraction of sp³-hybridized carbons (Fsp3) is 0.286. The summed E-state index contributed by atoms with van der Waals surface area (Å²) < 4.78 is 1.08. The summed E-state index contributed by atoms with van der Waals surface area (Å²) in [5.74, 6) is 0. The summed E-state index contributed by atoms with van der Waals surface area (Å²) in [5.41, 5.74) is 2.50. The van der Waals surface area contributed by atoms with Crippen molar-refractivity contribution in [3.8, 4) is 0 Å². The van der Waals surface area contributed by atoms with E-state index in [1.807, 2.05) is 36.6 Å². The zero-order valence-electron chi connectivity index (χ0n) is 10.6. The predicted octanol–water partition coefficient (Wildman–Crippen LogP) is 5.09. The quantitative estimate of drug-likeness (QED) is 0.818. The molecule has 1 heterocycles. The first-order chi connectivity index (χ1) is 8.52. The Morgan fingerprint density at radius 3 is 2.56 bits per heavy atom. The Balaban J connectivity index is 2.51. The molecule has 1 aromatic carbocycles. The Morgan fingerprint density at radius 1 is 1.28 bits per heavy atom. The molecule has 2 aromatic rings.